The lowest BCUT2D eigenvalue weighted by molar-refractivity contribution is 0.0702. The van der Waals surface area contributed by atoms with Crippen molar-refractivity contribution < 1.29 is 14.3 Å². The number of halogens is 2. The van der Waals surface area contributed by atoms with E-state index in [0.29, 0.717) is 15.9 Å². The van der Waals surface area contributed by atoms with Gasteiger partial charge in [-0.1, -0.05) is 0 Å². The van der Waals surface area contributed by atoms with Crippen molar-refractivity contribution in [1.29, 1.82) is 0 Å². The molecule has 0 fully saturated rings. The van der Waals surface area contributed by atoms with Gasteiger partial charge in [-0.2, -0.15) is 0 Å². The van der Waals surface area contributed by atoms with Gasteiger partial charge in [-0.25, -0.2) is 9.18 Å². The number of hydrogen-bond acceptors (Lipinski definition) is 3. The van der Waals surface area contributed by atoms with E-state index in [2.05, 4.69) is 21.2 Å². The van der Waals surface area contributed by atoms with Crippen LogP contribution in [0.4, 0.5) is 10.1 Å². The van der Waals surface area contributed by atoms with Crippen LogP contribution in [0, 0.1) is 12.7 Å². The van der Waals surface area contributed by atoms with Crippen LogP contribution in [0.3, 0.4) is 0 Å². The van der Waals surface area contributed by atoms with Gasteiger partial charge in [0, 0.05) is 17.1 Å². The van der Waals surface area contributed by atoms with Crippen molar-refractivity contribution >= 4 is 38.9 Å². The largest absolute Gasteiger partial charge is 0.477 e. The molecule has 0 bridgehead atoms. The second kappa shape index (κ2) is 5.71. The zero-order valence-corrected chi connectivity index (χ0v) is 12.4. The van der Waals surface area contributed by atoms with E-state index in [1.165, 1.54) is 17.4 Å². The Morgan fingerprint density at radius 2 is 2.21 bits per heavy atom. The number of aryl methyl sites for hydroxylation is 1. The fourth-order valence-electron chi connectivity index (χ4n) is 1.60. The summed E-state index contributed by atoms with van der Waals surface area (Å²) in [6.45, 7) is 2.39. The number of nitrogens with one attached hydrogen (secondary N) is 1. The molecule has 0 saturated heterocycles. The molecule has 1 aromatic carbocycles. The molecular formula is C13H11BrFNO2S. The average molecular weight is 344 g/mol. The third-order valence-electron chi connectivity index (χ3n) is 2.63. The first-order valence-electron chi connectivity index (χ1n) is 5.49. The van der Waals surface area contributed by atoms with Crippen LogP contribution in [0.25, 0.3) is 0 Å². The van der Waals surface area contributed by atoms with Crippen molar-refractivity contribution in [1.82, 2.24) is 0 Å². The molecule has 0 atom stereocenters. The summed E-state index contributed by atoms with van der Waals surface area (Å²) in [7, 11) is 0. The predicted molar refractivity (Wildman–Crippen MR) is 77.4 cm³/mol. The van der Waals surface area contributed by atoms with E-state index < -0.39 is 5.97 Å². The third kappa shape index (κ3) is 3.33. The zero-order valence-electron chi connectivity index (χ0n) is 10.0. The highest BCUT2D eigenvalue weighted by molar-refractivity contribution is 9.10. The fourth-order valence-corrected chi connectivity index (χ4v) is 2.86. The van der Waals surface area contributed by atoms with Crippen molar-refractivity contribution in [2.45, 2.75) is 13.5 Å². The highest BCUT2D eigenvalue weighted by atomic mass is 79.9. The third-order valence-corrected chi connectivity index (χ3v) is 4.32. The van der Waals surface area contributed by atoms with Crippen LogP contribution in [-0.4, -0.2) is 11.1 Å². The molecule has 0 aliphatic heterocycles. The highest BCUT2D eigenvalue weighted by Gasteiger charge is 2.10. The summed E-state index contributed by atoms with van der Waals surface area (Å²) in [5.41, 5.74) is 1.71. The summed E-state index contributed by atoms with van der Waals surface area (Å²) in [6.07, 6.45) is 0. The van der Waals surface area contributed by atoms with E-state index >= 15 is 0 Å². The first kappa shape index (κ1) is 14.0. The van der Waals surface area contributed by atoms with Gasteiger partial charge in [0.05, 0.1) is 4.47 Å². The molecule has 0 aliphatic carbocycles. The van der Waals surface area contributed by atoms with E-state index in [9.17, 15) is 9.18 Å². The second-order valence-electron chi connectivity index (χ2n) is 3.98. The number of hydrogen-bond donors (Lipinski definition) is 2. The molecule has 0 saturated carbocycles. The molecule has 6 heteroatoms. The average Bonchev–Trinajstić information content (AvgIpc) is 2.73. The molecular weight excluding hydrogens is 333 g/mol. The molecule has 0 unspecified atom stereocenters. The number of aromatic carboxylic acids is 1. The van der Waals surface area contributed by atoms with Gasteiger partial charge in [-0.15, -0.1) is 11.3 Å². The van der Waals surface area contributed by atoms with Gasteiger partial charge < -0.3 is 10.4 Å². The van der Waals surface area contributed by atoms with Crippen molar-refractivity contribution in [2.75, 3.05) is 5.32 Å². The summed E-state index contributed by atoms with van der Waals surface area (Å²) >= 11 is 4.37. The van der Waals surface area contributed by atoms with Crippen LogP contribution >= 0.6 is 27.3 Å². The maximum absolute atomic E-state index is 13.1. The standard InChI is InChI=1S/C13H11BrFNO2S/c1-7-8(4-12(19-7)13(17)18)6-16-9-2-3-11(15)10(14)5-9/h2-5,16H,6H2,1H3,(H,17,18). The smallest absolute Gasteiger partial charge is 0.345 e. The van der Waals surface area contributed by atoms with Crippen LogP contribution in [0.1, 0.15) is 20.1 Å². The zero-order chi connectivity index (χ0) is 14.0. The normalized spacial score (nSPS) is 10.5. The van der Waals surface area contributed by atoms with Crippen LogP contribution in [0.2, 0.25) is 0 Å². The van der Waals surface area contributed by atoms with Crippen LogP contribution in [-0.2, 0) is 6.54 Å². The Morgan fingerprint density at radius 1 is 1.47 bits per heavy atom. The lowest BCUT2D eigenvalue weighted by Crippen LogP contribution is -2.00. The van der Waals surface area contributed by atoms with Gasteiger partial charge in [-0.05, 0) is 52.7 Å². The van der Waals surface area contributed by atoms with E-state index in [0.717, 1.165) is 16.1 Å². The number of thiophene rings is 1. The Balaban J connectivity index is 2.09. The highest BCUT2D eigenvalue weighted by Crippen LogP contribution is 2.24. The Hall–Kier alpha value is -1.40. The Kier molecular flexibility index (Phi) is 4.21. The summed E-state index contributed by atoms with van der Waals surface area (Å²) in [4.78, 5) is 12.2. The lowest BCUT2D eigenvalue weighted by atomic mass is 10.2. The minimum absolute atomic E-state index is 0.314. The molecule has 2 N–H and O–H groups in total. The molecule has 3 nitrogen and oxygen atoms in total. The van der Waals surface area contributed by atoms with Crippen molar-refractivity contribution in [3.05, 3.63) is 49.9 Å². The monoisotopic (exact) mass is 343 g/mol. The van der Waals surface area contributed by atoms with Crippen molar-refractivity contribution in [3.8, 4) is 0 Å². The summed E-state index contributed by atoms with van der Waals surface area (Å²) < 4.78 is 13.5. The first-order chi connectivity index (χ1) is 8.97. The number of carboxylic acids is 1. The fraction of sp³-hybridized carbons (Fsp3) is 0.154. The summed E-state index contributed by atoms with van der Waals surface area (Å²) in [5.74, 6) is -1.23. The number of carboxylic acid groups (broad SMARTS) is 1. The Morgan fingerprint density at radius 3 is 2.79 bits per heavy atom. The molecule has 19 heavy (non-hydrogen) atoms. The van der Waals surface area contributed by atoms with Crippen molar-refractivity contribution in [2.24, 2.45) is 0 Å². The van der Waals surface area contributed by atoms with E-state index in [1.54, 1.807) is 18.2 Å². The van der Waals surface area contributed by atoms with Gasteiger partial charge in [0.2, 0.25) is 0 Å². The maximum atomic E-state index is 13.1. The maximum Gasteiger partial charge on any atom is 0.345 e. The Labute approximate surface area is 122 Å². The quantitative estimate of drug-likeness (QED) is 0.871. The van der Waals surface area contributed by atoms with Crippen LogP contribution < -0.4 is 5.32 Å². The van der Waals surface area contributed by atoms with Crippen molar-refractivity contribution in [3.63, 3.8) is 0 Å². The van der Waals surface area contributed by atoms with Gasteiger partial charge in [-0.3, -0.25) is 0 Å². The molecule has 0 amide bonds. The molecule has 0 aliphatic rings. The molecule has 100 valence electrons. The lowest BCUT2D eigenvalue weighted by Gasteiger charge is -2.06. The summed E-state index contributed by atoms with van der Waals surface area (Å²) in [6, 6.07) is 6.32. The number of carbonyl (C=O) groups is 1. The predicted octanol–water partition coefficient (Wildman–Crippen LogP) is 4.27. The summed E-state index contributed by atoms with van der Waals surface area (Å²) in [5, 5.41) is 12.1. The molecule has 2 aromatic rings. The van der Waals surface area contributed by atoms with Gasteiger partial charge in [0.25, 0.3) is 0 Å². The van der Waals surface area contributed by atoms with Crippen LogP contribution in [0.5, 0.6) is 0 Å². The van der Waals surface area contributed by atoms with Gasteiger partial charge in [0.15, 0.2) is 0 Å². The van der Waals surface area contributed by atoms with E-state index in [-0.39, 0.29) is 5.82 Å². The number of rotatable bonds is 4. The molecule has 0 spiro atoms. The molecule has 2 rings (SSSR count). The minimum Gasteiger partial charge on any atom is -0.477 e. The number of anilines is 1. The Bertz CT molecular complexity index is 627. The van der Waals surface area contributed by atoms with E-state index in [1.807, 2.05) is 6.92 Å². The van der Waals surface area contributed by atoms with Crippen LogP contribution in [0.15, 0.2) is 28.7 Å². The van der Waals surface area contributed by atoms with E-state index in [4.69, 9.17) is 5.11 Å². The van der Waals surface area contributed by atoms with Gasteiger partial charge >= 0.3 is 5.97 Å². The minimum atomic E-state index is -0.913. The molecule has 1 aromatic heterocycles. The number of benzene rings is 1. The molecule has 1 heterocycles. The molecule has 0 radical (unpaired) electrons. The topological polar surface area (TPSA) is 49.3 Å². The SMILES string of the molecule is Cc1sc(C(=O)O)cc1CNc1ccc(F)c(Br)c1. The second-order valence-corrected chi connectivity index (χ2v) is 6.09. The first-order valence-corrected chi connectivity index (χ1v) is 7.10. The van der Waals surface area contributed by atoms with Gasteiger partial charge in [0.1, 0.15) is 10.7 Å².